The van der Waals surface area contributed by atoms with Crippen molar-refractivity contribution in [1.29, 1.82) is 0 Å². The smallest absolute Gasteiger partial charge is 0.192 e. The molecule has 0 saturated carbocycles. The molecular weight excluding hydrogens is 206 g/mol. The Morgan fingerprint density at radius 1 is 1.19 bits per heavy atom. The number of benzene rings is 1. The molecule has 2 aromatic rings. The van der Waals surface area contributed by atoms with Gasteiger partial charge in [0, 0.05) is 23.2 Å². The van der Waals surface area contributed by atoms with Gasteiger partial charge >= 0.3 is 0 Å². The minimum absolute atomic E-state index is 0.112. The van der Waals surface area contributed by atoms with E-state index in [1.807, 2.05) is 13.8 Å². The Labute approximate surface area is 92.2 Å². The van der Waals surface area contributed by atoms with E-state index in [9.17, 15) is 15.0 Å². The highest BCUT2D eigenvalue weighted by Crippen LogP contribution is 2.28. The zero-order valence-electron chi connectivity index (χ0n) is 9.11. The molecule has 0 spiro atoms. The van der Waals surface area contributed by atoms with E-state index in [0.29, 0.717) is 16.5 Å². The van der Waals surface area contributed by atoms with E-state index in [-0.39, 0.29) is 22.8 Å². The predicted molar refractivity (Wildman–Crippen MR) is 62.0 cm³/mol. The first-order valence-electron chi connectivity index (χ1n) is 5.08. The van der Waals surface area contributed by atoms with E-state index in [4.69, 9.17) is 0 Å². The Morgan fingerprint density at radius 2 is 1.81 bits per heavy atom. The van der Waals surface area contributed by atoms with Gasteiger partial charge in [-0.25, -0.2) is 0 Å². The van der Waals surface area contributed by atoms with E-state index < -0.39 is 0 Å². The summed E-state index contributed by atoms with van der Waals surface area (Å²) in [5, 5.41) is 19.1. The molecule has 1 aromatic carbocycles. The van der Waals surface area contributed by atoms with Crippen LogP contribution in [0.1, 0.15) is 25.3 Å². The first-order chi connectivity index (χ1) is 7.50. The molecule has 1 aromatic heterocycles. The van der Waals surface area contributed by atoms with Crippen molar-refractivity contribution in [1.82, 2.24) is 4.98 Å². The van der Waals surface area contributed by atoms with Crippen molar-refractivity contribution >= 4 is 10.9 Å². The standard InChI is InChI=1S/C12H13NO3/c1-6(2)8-5-13-9-4-11(15)10(14)3-7(9)12(8)16/h3-6,14-15H,1-2H3,(H,13,16). The van der Waals surface area contributed by atoms with Crippen LogP contribution in [0.5, 0.6) is 11.5 Å². The molecule has 1 heterocycles. The molecule has 0 saturated heterocycles. The number of pyridine rings is 1. The summed E-state index contributed by atoms with van der Waals surface area (Å²) in [7, 11) is 0. The highest BCUT2D eigenvalue weighted by atomic mass is 16.3. The highest BCUT2D eigenvalue weighted by molar-refractivity contribution is 5.82. The molecule has 4 nitrogen and oxygen atoms in total. The minimum atomic E-state index is -0.279. The number of aromatic hydroxyl groups is 2. The van der Waals surface area contributed by atoms with Gasteiger partial charge < -0.3 is 15.2 Å². The first-order valence-corrected chi connectivity index (χ1v) is 5.08. The van der Waals surface area contributed by atoms with Crippen LogP contribution in [0.15, 0.2) is 23.1 Å². The number of hydrogen-bond donors (Lipinski definition) is 3. The maximum Gasteiger partial charge on any atom is 0.192 e. The van der Waals surface area contributed by atoms with Crippen molar-refractivity contribution in [2.75, 3.05) is 0 Å². The molecule has 84 valence electrons. The van der Waals surface area contributed by atoms with Crippen molar-refractivity contribution in [2.24, 2.45) is 0 Å². The number of phenols is 2. The van der Waals surface area contributed by atoms with Crippen LogP contribution in [0.2, 0.25) is 0 Å². The van der Waals surface area contributed by atoms with Crippen molar-refractivity contribution in [3.8, 4) is 11.5 Å². The van der Waals surface area contributed by atoms with Gasteiger partial charge in [-0.05, 0) is 12.0 Å². The summed E-state index contributed by atoms with van der Waals surface area (Å²) in [5.74, 6) is -0.400. The number of hydrogen-bond acceptors (Lipinski definition) is 3. The summed E-state index contributed by atoms with van der Waals surface area (Å²) in [6, 6.07) is 2.63. The lowest BCUT2D eigenvalue weighted by molar-refractivity contribution is 0.405. The lowest BCUT2D eigenvalue weighted by atomic mass is 10.0. The Bertz CT molecular complexity index is 599. The van der Waals surface area contributed by atoms with Gasteiger partial charge in [0.2, 0.25) is 0 Å². The van der Waals surface area contributed by atoms with Crippen molar-refractivity contribution in [2.45, 2.75) is 19.8 Å². The second-order valence-corrected chi connectivity index (χ2v) is 4.11. The van der Waals surface area contributed by atoms with E-state index in [1.165, 1.54) is 12.1 Å². The minimum Gasteiger partial charge on any atom is -0.504 e. The Kier molecular flexibility index (Phi) is 2.34. The van der Waals surface area contributed by atoms with E-state index in [2.05, 4.69) is 4.98 Å². The Balaban J connectivity index is 2.85. The highest BCUT2D eigenvalue weighted by Gasteiger charge is 2.10. The summed E-state index contributed by atoms with van der Waals surface area (Å²) in [5.41, 5.74) is 1.07. The zero-order valence-corrected chi connectivity index (χ0v) is 9.11. The van der Waals surface area contributed by atoms with Gasteiger partial charge in [-0.3, -0.25) is 4.79 Å². The molecule has 0 aliphatic carbocycles. The average molecular weight is 219 g/mol. The summed E-state index contributed by atoms with van der Waals surface area (Å²) in [6.07, 6.45) is 1.64. The van der Waals surface area contributed by atoms with Gasteiger partial charge in [0.1, 0.15) is 0 Å². The maximum atomic E-state index is 12.0. The Morgan fingerprint density at radius 3 is 2.44 bits per heavy atom. The van der Waals surface area contributed by atoms with Gasteiger partial charge in [0.05, 0.1) is 5.52 Å². The molecule has 2 rings (SSSR count). The fourth-order valence-corrected chi connectivity index (χ4v) is 1.69. The molecule has 3 N–H and O–H groups in total. The molecule has 0 unspecified atom stereocenters. The molecule has 0 aliphatic heterocycles. The number of aromatic nitrogens is 1. The van der Waals surface area contributed by atoms with Crippen LogP contribution in [-0.4, -0.2) is 15.2 Å². The Hall–Kier alpha value is -1.97. The van der Waals surface area contributed by atoms with Crippen LogP contribution < -0.4 is 5.43 Å². The second-order valence-electron chi connectivity index (χ2n) is 4.11. The molecule has 4 heteroatoms. The molecule has 0 radical (unpaired) electrons. The van der Waals surface area contributed by atoms with Gasteiger partial charge in [-0.2, -0.15) is 0 Å². The molecule has 0 fully saturated rings. The van der Waals surface area contributed by atoms with Crippen LogP contribution in [0.3, 0.4) is 0 Å². The summed E-state index contributed by atoms with van der Waals surface area (Å²) in [4.78, 5) is 15.0. The predicted octanol–water partition coefficient (Wildman–Crippen LogP) is 2.06. The number of nitrogens with one attached hydrogen (secondary N) is 1. The van der Waals surface area contributed by atoms with Crippen molar-refractivity contribution in [3.63, 3.8) is 0 Å². The summed E-state index contributed by atoms with van der Waals surface area (Å²) in [6.45, 7) is 3.85. The maximum absolute atomic E-state index is 12.0. The fraction of sp³-hybridized carbons (Fsp3) is 0.250. The first kappa shape index (κ1) is 10.5. The van der Waals surface area contributed by atoms with Crippen LogP contribution in [0, 0.1) is 0 Å². The molecule has 0 bridgehead atoms. The zero-order chi connectivity index (χ0) is 11.9. The van der Waals surface area contributed by atoms with Gasteiger partial charge in [-0.1, -0.05) is 13.8 Å². The number of rotatable bonds is 1. The third kappa shape index (κ3) is 1.52. The van der Waals surface area contributed by atoms with Crippen molar-refractivity contribution in [3.05, 3.63) is 34.1 Å². The molecule has 0 amide bonds. The quantitative estimate of drug-likeness (QED) is 0.643. The number of fused-ring (bicyclic) bond motifs is 1. The third-order valence-corrected chi connectivity index (χ3v) is 2.63. The van der Waals surface area contributed by atoms with Crippen LogP contribution in [0.4, 0.5) is 0 Å². The number of aromatic amines is 1. The van der Waals surface area contributed by atoms with Crippen LogP contribution in [-0.2, 0) is 0 Å². The van der Waals surface area contributed by atoms with E-state index in [1.54, 1.807) is 6.20 Å². The van der Waals surface area contributed by atoms with Crippen LogP contribution in [0.25, 0.3) is 10.9 Å². The molecule has 16 heavy (non-hydrogen) atoms. The van der Waals surface area contributed by atoms with E-state index >= 15 is 0 Å². The van der Waals surface area contributed by atoms with Gasteiger partial charge in [-0.15, -0.1) is 0 Å². The van der Waals surface area contributed by atoms with Gasteiger partial charge in [0.25, 0.3) is 0 Å². The largest absolute Gasteiger partial charge is 0.504 e. The topological polar surface area (TPSA) is 73.3 Å². The molecule has 0 atom stereocenters. The lowest BCUT2D eigenvalue weighted by Crippen LogP contribution is -2.11. The normalized spacial score (nSPS) is 11.2. The third-order valence-electron chi connectivity index (χ3n) is 2.63. The van der Waals surface area contributed by atoms with Gasteiger partial charge in [0.15, 0.2) is 16.9 Å². The summed E-state index contributed by atoms with van der Waals surface area (Å²) < 4.78 is 0. The average Bonchev–Trinajstić information content (AvgIpc) is 2.21. The fourth-order valence-electron chi connectivity index (χ4n) is 1.69. The molecular formula is C12H13NO3. The van der Waals surface area contributed by atoms with Crippen molar-refractivity contribution < 1.29 is 10.2 Å². The lowest BCUT2D eigenvalue weighted by Gasteiger charge is -2.07. The van der Waals surface area contributed by atoms with E-state index in [0.717, 1.165) is 0 Å². The monoisotopic (exact) mass is 219 g/mol. The number of H-pyrrole nitrogens is 1. The molecule has 0 aliphatic rings. The SMILES string of the molecule is CC(C)c1c[nH]c2cc(O)c(O)cc2c1=O. The summed E-state index contributed by atoms with van der Waals surface area (Å²) >= 11 is 0. The second kappa shape index (κ2) is 3.56. The van der Waals surface area contributed by atoms with Crippen LogP contribution >= 0.6 is 0 Å². The number of phenolic OH excluding ortho intramolecular Hbond substituents is 2.